The van der Waals surface area contributed by atoms with Crippen molar-refractivity contribution < 1.29 is 4.79 Å². The Morgan fingerprint density at radius 1 is 1.55 bits per heavy atom. The monoisotopic (exact) mass is 156 g/mol. The van der Waals surface area contributed by atoms with Gasteiger partial charge in [0.15, 0.2) is 0 Å². The Labute approximate surface area is 67.3 Å². The number of amides is 1. The van der Waals surface area contributed by atoms with Crippen molar-refractivity contribution in [2.24, 2.45) is 5.73 Å². The smallest absolute Gasteiger partial charge is 0.217 e. The van der Waals surface area contributed by atoms with Crippen LogP contribution in [0.5, 0.6) is 0 Å². The van der Waals surface area contributed by atoms with Crippen LogP contribution in [0, 0.1) is 0 Å². The van der Waals surface area contributed by atoms with Gasteiger partial charge in [0, 0.05) is 19.0 Å². The topological polar surface area (TPSA) is 55.1 Å². The van der Waals surface area contributed by atoms with Crippen molar-refractivity contribution in [1.29, 1.82) is 0 Å². The minimum absolute atomic E-state index is 0.0594. The quantitative estimate of drug-likeness (QED) is 0.577. The van der Waals surface area contributed by atoms with E-state index in [0.717, 1.165) is 25.7 Å². The van der Waals surface area contributed by atoms with Crippen LogP contribution in [-0.2, 0) is 4.79 Å². The van der Waals surface area contributed by atoms with E-state index in [4.69, 9.17) is 5.73 Å². The molecule has 64 valence electrons. The Bertz CT molecular complexity index is 147. The summed E-state index contributed by atoms with van der Waals surface area (Å²) in [6.45, 7) is 1.56. The highest BCUT2D eigenvalue weighted by Gasteiger charge is 2.18. The molecule has 0 radical (unpaired) electrons. The maximum absolute atomic E-state index is 10.7. The standard InChI is InChI=1S/C8H16N2O/c1-6(11)10-8-4-2-3-7(9)5-8/h7-8H,2-5,9H2,1H3,(H,10,11)/t7-,8-/m0/s1. The summed E-state index contributed by atoms with van der Waals surface area (Å²) < 4.78 is 0. The van der Waals surface area contributed by atoms with Gasteiger partial charge in [-0.3, -0.25) is 4.79 Å². The predicted octanol–water partition coefficient (Wildman–Crippen LogP) is 0.392. The molecule has 0 unspecified atom stereocenters. The Morgan fingerprint density at radius 3 is 2.82 bits per heavy atom. The van der Waals surface area contributed by atoms with Crippen molar-refractivity contribution in [3.05, 3.63) is 0 Å². The Balaban J connectivity index is 2.28. The van der Waals surface area contributed by atoms with Crippen molar-refractivity contribution in [2.45, 2.75) is 44.7 Å². The number of hydrogen-bond donors (Lipinski definition) is 2. The third-order valence-electron chi connectivity index (χ3n) is 2.12. The number of carbonyl (C=O) groups excluding carboxylic acids is 1. The molecule has 1 amide bonds. The molecule has 0 bridgehead atoms. The number of hydrogen-bond acceptors (Lipinski definition) is 2. The second-order valence-corrected chi connectivity index (χ2v) is 3.32. The van der Waals surface area contributed by atoms with Crippen LogP contribution >= 0.6 is 0 Å². The molecule has 0 saturated heterocycles. The normalized spacial score (nSPS) is 31.5. The van der Waals surface area contributed by atoms with E-state index < -0.39 is 0 Å². The van der Waals surface area contributed by atoms with E-state index in [1.165, 1.54) is 0 Å². The van der Waals surface area contributed by atoms with Gasteiger partial charge >= 0.3 is 0 Å². The van der Waals surface area contributed by atoms with E-state index in [0.29, 0.717) is 12.1 Å². The van der Waals surface area contributed by atoms with E-state index >= 15 is 0 Å². The van der Waals surface area contributed by atoms with Crippen molar-refractivity contribution in [3.8, 4) is 0 Å². The summed E-state index contributed by atoms with van der Waals surface area (Å²) in [5.41, 5.74) is 5.75. The molecule has 1 fully saturated rings. The molecule has 3 heteroatoms. The van der Waals surface area contributed by atoms with E-state index in [1.807, 2.05) is 0 Å². The summed E-state index contributed by atoms with van der Waals surface area (Å²) in [5, 5.41) is 2.89. The van der Waals surface area contributed by atoms with Crippen LogP contribution in [0.1, 0.15) is 32.6 Å². The molecule has 1 rings (SSSR count). The molecular weight excluding hydrogens is 140 g/mol. The highest BCUT2D eigenvalue weighted by atomic mass is 16.1. The minimum Gasteiger partial charge on any atom is -0.354 e. The van der Waals surface area contributed by atoms with Gasteiger partial charge in [-0.2, -0.15) is 0 Å². The first-order valence-electron chi connectivity index (χ1n) is 4.21. The van der Waals surface area contributed by atoms with E-state index in [2.05, 4.69) is 5.32 Å². The fourth-order valence-corrected chi connectivity index (χ4v) is 1.65. The summed E-state index contributed by atoms with van der Waals surface area (Å²) in [6.07, 6.45) is 4.29. The van der Waals surface area contributed by atoms with Gasteiger partial charge in [-0.05, 0) is 25.7 Å². The van der Waals surface area contributed by atoms with E-state index in [1.54, 1.807) is 6.92 Å². The lowest BCUT2D eigenvalue weighted by Gasteiger charge is -2.26. The summed E-state index contributed by atoms with van der Waals surface area (Å²) >= 11 is 0. The van der Waals surface area contributed by atoms with Crippen molar-refractivity contribution >= 4 is 5.91 Å². The van der Waals surface area contributed by atoms with Crippen LogP contribution in [0.15, 0.2) is 0 Å². The zero-order valence-electron chi connectivity index (χ0n) is 6.97. The molecule has 3 N–H and O–H groups in total. The number of nitrogens with one attached hydrogen (secondary N) is 1. The molecule has 0 heterocycles. The lowest BCUT2D eigenvalue weighted by molar-refractivity contribution is -0.119. The van der Waals surface area contributed by atoms with Crippen LogP contribution < -0.4 is 11.1 Å². The van der Waals surface area contributed by atoms with Gasteiger partial charge in [0.2, 0.25) is 5.91 Å². The van der Waals surface area contributed by atoms with Gasteiger partial charge in [0.05, 0.1) is 0 Å². The third kappa shape index (κ3) is 2.89. The second kappa shape index (κ2) is 3.72. The Hall–Kier alpha value is -0.570. The lowest BCUT2D eigenvalue weighted by atomic mass is 9.92. The zero-order valence-corrected chi connectivity index (χ0v) is 6.97. The van der Waals surface area contributed by atoms with Gasteiger partial charge in [-0.15, -0.1) is 0 Å². The molecule has 0 spiro atoms. The molecule has 0 aromatic rings. The molecule has 11 heavy (non-hydrogen) atoms. The van der Waals surface area contributed by atoms with Gasteiger partial charge in [0.1, 0.15) is 0 Å². The molecule has 0 aromatic carbocycles. The van der Waals surface area contributed by atoms with Gasteiger partial charge in [0.25, 0.3) is 0 Å². The summed E-state index contributed by atoms with van der Waals surface area (Å²) in [7, 11) is 0. The molecule has 3 nitrogen and oxygen atoms in total. The fraction of sp³-hybridized carbons (Fsp3) is 0.875. The number of carbonyl (C=O) groups is 1. The van der Waals surface area contributed by atoms with Gasteiger partial charge in [-0.1, -0.05) is 0 Å². The van der Waals surface area contributed by atoms with Crippen molar-refractivity contribution in [2.75, 3.05) is 0 Å². The average molecular weight is 156 g/mol. The van der Waals surface area contributed by atoms with E-state index in [9.17, 15) is 4.79 Å². The first-order valence-corrected chi connectivity index (χ1v) is 4.21. The molecule has 2 atom stereocenters. The number of rotatable bonds is 1. The fourth-order valence-electron chi connectivity index (χ4n) is 1.65. The van der Waals surface area contributed by atoms with Gasteiger partial charge < -0.3 is 11.1 Å². The molecule has 1 saturated carbocycles. The SMILES string of the molecule is CC(=O)N[C@H]1CCC[C@H](N)C1. The average Bonchev–Trinajstić information content (AvgIpc) is 1.85. The molecular formula is C8H16N2O. The summed E-state index contributed by atoms with van der Waals surface area (Å²) in [5.74, 6) is 0.0594. The van der Waals surface area contributed by atoms with E-state index in [-0.39, 0.29) is 5.91 Å². The van der Waals surface area contributed by atoms with Gasteiger partial charge in [-0.25, -0.2) is 0 Å². The first kappa shape index (κ1) is 8.53. The molecule has 1 aliphatic rings. The highest BCUT2D eigenvalue weighted by Crippen LogP contribution is 2.16. The molecule has 0 aromatic heterocycles. The van der Waals surface area contributed by atoms with Crippen LogP contribution in [0.2, 0.25) is 0 Å². The Morgan fingerprint density at radius 2 is 2.27 bits per heavy atom. The third-order valence-corrected chi connectivity index (χ3v) is 2.12. The minimum atomic E-state index is 0.0594. The zero-order chi connectivity index (χ0) is 8.27. The number of nitrogens with two attached hydrogens (primary N) is 1. The molecule has 1 aliphatic carbocycles. The highest BCUT2D eigenvalue weighted by molar-refractivity contribution is 5.73. The lowest BCUT2D eigenvalue weighted by Crippen LogP contribution is -2.41. The summed E-state index contributed by atoms with van der Waals surface area (Å²) in [4.78, 5) is 10.7. The van der Waals surface area contributed by atoms with Crippen LogP contribution in [-0.4, -0.2) is 18.0 Å². The molecule has 0 aliphatic heterocycles. The second-order valence-electron chi connectivity index (χ2n) is 3.32. The van der Waals surface area contributed by atoms with Crippen LogP contribution in [0.4, 0.5) is 0 Å². The predicted molar refractivity (Wildman–Crippen MR) is 44.0 cm³/mol. The maximum Gasteiger partial charge on any atom is 0.217 e. The Kier molecular flexibility index (Phi) is 2.88. The maximum atomic E-state index is 10.7. The van der Waals surface area contributed by atoms with Crippen molar-refractivity contribution in [3.63, 3.8) is 0 Å². The van der Waals surface area contributed by atoms with Crippen LogP contribution in [0.3, 0.4) is 0 Å². The van der Waals surface area contributed by atoms with Crippen LogP contribution in [0.25, 0.3) is 0 Å². The first-order chi connectivity index (χ1) is 5.18. The largest absolute Gasteiger partial charge is 0.354 e. The summed E-state index contributed by atoms with van der Waals surface area (Å²) in [6, 6.07) is 0.622. The van der Waals surface area contributed by atoms with Crippen molar-refractivity contribution in [1.82, 2.24) is 5.32 Å².